The maximum atomic E-state index is 9.19. The molecule has 1 aromatic heterocycles. The molecule has 0 spiro atoms. The molecule has 1 aliphatic rings. The van der Waals surface area contributed by atoms with E-state index in [1.54, 1.807) is 0 Å². The molecular weight excluding hydrogens is 310 g/mol. The Bertz CT molecular complexity index is 656. The minimum Gasteiger partial charge on any atom is -0.326 e. The standard InChI is InChI=1S/C14H14ClN3S2/c15-6-13-17-14-10(7-16)2-1-3-12(14)18(13)8-11-9-19-4-5-20-11/h1-3,11H,4-6,8-9H2. The van der Waals surface area contributed by atoms with E-state index in [4.69, 9.17) is 11.6 Å². The van der Waals surface area contributed by atoms with Crippen molar-refractivity contribution >= 4 is 46.2 Å². The van der Waals surface area contributed by atoms with Crippen molar-refractivity contribution in [3.8, 4) is 6.07 Å². The van der Waals surface area contributed by atoms with Crippen molar-refractivity contribution in [2.24, 2.45) is 0 Å². The molecule has 2 aromatic rings. The largest absolute Gasteiger partial charge is 0.326 e. The summed E-state index contributed by atoms with van der Waals surface area (Å²) in [5, 5.41) is 9.79. The molecule has 3 rings (SSSR count). The fourth-order valence-electron chi connectivity index (χ4n) is 2.44. The predicted octanol–water partition coefficient (Wildman–Crippen LogP) is 3.50. The van der Waals surface area contributed by atoms with Gasteiger partial charge in [0.1, 0.15) is 17.4 Å². The van der Waals surface area contributed by atoms with Gasteiger partial charge in [0.15, 0.2) is 0 Å². The zero-order valence-electron chi connectivity index (χ0n) is 10.9. The molecule has 0 aliphatic carbocycles. The highest BCUT2D eigenvalue weighted by molar-refractivity contribution is 8.06. The van der Waals surface area contributed by atoms with Crippen LogP contribution in [0.25, 0.3) is 11.0 Å². The Morgan fingerprint density at radius 1 is 1.45 bits per heavy atom. The zero-order chi connectivity index (χ0) is 13.9. The molecule has 0 radical (unpaired) electrons. The van der Waals surface area contributed by atoms with E-state index >= 15 is 0 Å². The maximum Gasteiger partial charge on any atom is 0.124 e. The highest BCUT2D eigenvalue weighted by Crippen LogP contribution is 2.28. The van der Waals surface area contributed by atoms with Crippen LogP contribution in [0.15, 0.2) is 18.2 Å². The van der Waals surface area contributed by atoms with Crippen LogP contribution >= 0.6 is 35.1 Å². The number of aromatic nitrogens is 2. The van der Waals surface area contributed by atoms with Crippen molar-refractivity contribution in [2.45, 2.75) is 17.7 Å². The molecule has 1 saturated heterocycles. The van der Waals surface area contributed by atoms with Gasteiger partial charge in [0.05, 0.1) is 17.0 Å². The number of imidazole rings is 1. The van der Waals surface area contributed by atoms with Gasteiger partial charge in [-0.2, -0.15) is 28.8 Å². The van der Waals surface area contributed by atoms with Crippen LogP contribution in [-0.2, 0) is 12.4 Å². The van der Waals surface area contributed by atoms with E-state index < -0.39 is 0 Å². The van der Waals surface area contributed by atoms with E-state index in [0.29, 0.717) is 16.7 Å². The van der Waals surface area contributed by atoms with E-state index in [1.807, 2.05) is 41.7 Å². The lowest BCUT2D eigenvalue weighted by Gasteiger charge is -2.22. The van der Waals surface area contributed by atoms with Gasteiger partial charge in [-0.1, -0.05) is 6.07 Å². The number of nitriles is 1. The summed E-state index contributed by atoms with van der Waals surface area (Å²) in [4.78, 5) is 4.56. The van der Waals surface area contributed by atoms with Crippen molar-refractivity contribution in [1.29, 1.82) is 5.26 Å². The van der Waals surface area contributed by atoms with Gasteiger partial charge in [0.25, 0.3) is 0 Å². The Kier molecular flexibility index (Phi) is 4.45. The van der Waals surface area contributed by atoms with E-state index in [2.05, 4.69) is 15.6 Å². The number of rotatable bonds is 3. The van der Waals surface area contributed by atoms with Crippen molar-refractivity contribution in [1.82, 2.24) is 9.55 Å². The fourth-order valence-corrected chi connectivity index (χ4v) is 5.29. The normalized spacial score (nSPS) is 19.1. The molecule has 1 aromatic carbocycles. The number of fused-ring (bicyclic) bond motifs is 1. The molecule has 1 unspecified atom stereocenters. The predicted molar refractivity (Wildman–Crippen MR) is 87.6 cm³/mol. The average Bonchev–Trinajstić information content (AvgIpc) is 2.86. The fraction of sp³-hybridized carbons (Fsp3) is 0.429. The number of alkyl halides is 1. The van der Waals surface area contributed by atoms with Crippen LogP contribution in [0.3, 0.4) is 0 Å². The molecule has 3 nitrogen and oxygen atoms in total. The average molecular weight is 324 g/mol. The summed E-state index contributed by atoms with van der Waals surface area (Å²) < 4.78 is 2.19. The molecule has 1 atom stereocenters. The van der Waals surface area contributed by atoms with Crippen LogP contribution in [0.5, 0.6) is 0 Å². The van der Waals surface area contributed by atoms with Gasteiger partial charge in [-0.15, -0.1) is 11.6 Å². The van der Waals surface area contributed by atoms with Crippen LogP contribution in [0, 0.1) is 11.3 Å². The third-order valence-corrected chi connectivity index (χ3v) is 6.44. The summed E-state index contributed by atoms with van der Waals surface area (Å²) in [5.74, 6) is 4.86. The minimum absolute atomic E-state index is 0.379. The smallest absolute Gasteiger partial charge is 0.124 e. The number of para-hydroxylation sites is 1. The number of nitrogens with zero attached hydrogens (tertiary/aromatic N) is 3. The molecule has 104 valence electrons. The van der Waals surface area contributed by atoms with E-state index in [9.17, 15) is 5.26 Å². The first-order chi connectivity index (χ1) is 9.83. The van der Waals surface area contributed by atoms with Gasteiger partial charge >= 0.3 is 0 Å². The van der Waals surface area contributed by atoms with Crippen molar-refractivity contribution in [3.63, 3.8) is 0 Å². The summed E-state index contributed by atoms with van der Waals surface area (Å²) in [6.45, 7) is 0.922. The number of benzene rings is 1. The quantitative estimate of drug-likeness (QED) is 0.811. The van der Waals surface area contributed by atoms with E-state index in [1.165, 1.54) is 17.3 Å². The summed E-state index contributed by atoms with van der Waals surface area (Å²) in [6.07, 6.45) is 0. The zero-order valence-corrected chi connectivity index (χ0v) is 13.3. The van der Waals surface area contributed by atoms with Gasteiger partial charge in [0, 0.05) is 29.1 Å². The molecule has 0 N–H and O–H groups in total. The van der Waals surface area contributed by atoms with Crippen LogP contribution in [-0.4, -0.2) is 32.1 Å². The Balaban J connectivity index is 2.02. The highest BCUT2D eigenvalue weighted by atomic mass is 35.5. The third-order valence-electron chi connectivity index (χ3n) is 3.37. The molecule has 20 heavy (non-hydrogen) atoms. The molecule has 0 bridgehead atoms. The highest BCUT2D eigenvalue weighted by Gasteiger charge is 2.19. The summed E-state index contributed by atoms with van der Waals surface area (Å²) >= 11 is 10.1. The van der Waals surface area contributed by atoms with Crippen LogP contribution < -0.4 is 0 Å². The number of halogens is 1. The molecule has 0 amide bonds. The van der Waals surface area contributed by atoms with Crippen molar-refractivity contribution in [3.05, 3.63) is 29.6 Å². The molecule has 1 fully saturated rings. The second kappa shape index (κ2) is 6.30. The minimum atomic E-state index is 0.379. The molecule has 0 saturated carbocycles. The Labute approximate surface area is 131 Å². The topological polar surface area (TPSA) is 41.6 Å². The SMILES string of the molecule is N#Cc1cccc2c1nc(CCl)n2CC1CSCCS1. The van der Waals surface area contributed by atoms with Gasteiger partial charge in [0.2, 0.25) is 0 Å². The van der Waals surface area contributed by atoms with E-state index in [-0.39, 0.29) is 0 Å². The van der Waals surface area contributed by atoms with Gasteiger partial charge in [-0.25, -0.2) is 4.98 Å². The Morgan fingerprint density at radius 3 is 3.05 bits per heavy atom. The molecular formula is C14H14ClN3S2. The summed E-state index contributed by atoms with van der Waals surface area (Å²) in [6, 6.07) is 7.96. The molecule has 2 heterocycles. The lowest BCUT2D eigenvalue weighted by atomic mass is 10.2. The monoisotopic (exact) mass is 323 g/mol. The Morgan fingerprint density at radius 2 is 2.35 bits per heavy atom. The van der Waals surface area contributed by atoms with Crippen LogP contribution in [0.4, 0.5) is 0 Å². The second-order valence-electron chi connectivity index (χ2n) is 4.63. The van der Waals surface area contributed by atoms with Crippen LogP contribution in [0.1, 0.15) is 11.4 Å². The van der Waals surface area contributed by atoms with Gasteiger partial charge in [-0.05, 0) is 12.1 Å². The maximum absolute atomic E-state index is 9.19. The molecule has 6 heteroatoms. The first kappa shape index (κ1) is 14.1. The van der Waals surface area contributed by atoms with Gasteiger partial charge in [-0.3, -0.25) is 0 Å². The third kappa shape index (κ3) is 2.65. The van der Waals surface area contributed by atoms with Crippen molar-refractivity contribution in [2.75, 3.05) is 17.3 Å². The lowest BCUT2D eigenvalue weighted by molar-refractivity contribution is 0.687. The van der Waals surface area contributed by atoms with Gasteiger partial charge < -0.3 is 4.57 Å². The second-order valence-corrected chi connectivity index (χ2v) is 7.45. The van der Waals surface area contributed by atoms with E-state index in [0.717, 1.165) is 23.4 Å². The first-order valence-electron chi connectivity index (χ1n) is 6.47. The number of hydrogen-bond acceptors (Lipinski definition) is 4. The van der Waals surface area contributed by atoms with Crippen LogP contribution in [0.2, 0.25) is 0 Å². The lowest BCUT2D eigenvalue weighted by Crippen LogP contribution is -2.21. The summed E-state index contributed by atoms with van der Waals surface area (Å²) in [7, 11) is 0. The number of hydrogen-bond donors (Lipinski definition) is 0. The first-order valence-corrected chi connectivity index (χ1v) is 9.21. The summed E-state index contributed by atoms with van der Waals surface area (Å²) in [5.41, 5.74) is 2.42. The Hall–Kier alpha value is -0.830. The molecule has 1 aliphatic heterocycles. The van der Waals surface area contributed by atoms with Crippen molar-refractivity contribution < 1.29 is 0 Å². The number of thioether (sulfide) groups is 2.